The van der Waals surface area contributed by atoms with Crippen LogP contribution in [0.4, 0.5) is 10.1 Å². The summed E-state index contributed by atoms with van der Waals surface area (Å²) in [6, 6.07) is 4.84. The lowest BCUT2D eigenvalue weighted by atomic mass is 9.97. The molecule has 1 unspecified atom stereocenters. The first-order valence-corrected chi connectivity index (χ1v) is 6.50. The first-order valence-electron chi connectivity index (χ1n) is 6.50. The number of nitrogens with two attached hydrogens (primary N) is 1. The smallest absolute Gasteiger partial charge is 0.136 e. The van der Waals surface area contributed by atoms with E-state index in [9.17, 15) is 4.39 Å². The van der Waals surface area contributed by atoms with E-state index in [1.807, 2.05) is 6.07 Å². The van der Waals surface area contributed by atoms with Crippen molar-refractivity contribution in [2.45, 2.75) is 12.8 Å². The highest BCUT2D eigenvalue weighted by atomic mass is 19.1. The highest BCUT2D eigenvalue weighted by Crippen LogP contribution is 2.27. The fourth-order valence-electron chi connectivity index (χ4n) is 2.70. The van der Waals surface area contributed by atoms with Gasteiger partial charge in [0.15, 0.2) is 0 Å². The minimum Gasteiger partial charge on any atom is -0.384 e. The van der Waals surface area contributed by atoms with E-state index >= 15 is 0 Å². The number of rotatable bonds is 4. The average molecular weight is 265 g/mol. The number of benzene rings is 1. The van der Waals surface area contributed by atoms with Gasteiger partial charge in [0.1, 0.15) is 11.7 Å². The maximum Gasteiger partial charge on any atom is 0.136 e. The van der Waals surface area contributed by atoms with Crippen LogP contribution in [0.5, 0.6) is 0 Å². The fraction of sp³-hybridized carbons (Fsp3) is 0.500. The Morgan fingerprint density at radius 2 is 2.37 bits per heavy atom. The predicted octanol–water partition coefficient (Wildman–Crippen LogP) is 1.97. The second kappa shape index (κ2) is 6.02. The number of amidine groups is 1. The fourth-order valence-corrected chi connectivity index (χ4v) is 2.70. The summed E-state index contributed by atoms with van der Waals surface area (Å²) in [6.45, 7) is 2.39. The summed E-state index contributed by atoms with van der Waals surface area (Å²) in [4.78, 5) is 2.10. The van der Waals surface area contributed by atoms with E-state index in [4.69, 9.17) is 15.9 Å². The molecule has 4 nitrogen and oxygen atoms in total. The highest BCUT2D eigenvalue weighted by Gasteiger charge is 2.23. The molecule has 1 aromatic carbocycles. The van der Waals surface area contributed by atoms with E-state index in [1.54, 1.807) is 13.2 Å². The van der Waals surface area contributed by atoms with E-state index in [0.29, 0.717) is 18.2 Å². The lowest BCUT2D eigenvalue weighted by Gasteiger charge is -2.35. The molecular weight excluding hydrogens is 245 g/mol. The summed E-state index contributed by atoms with van der Waals surface area (Å²) in [7, 11) is 1.70. The van der Waals surface area contributed by atoms with Gasteiger partial charge in [-0.25, -0.2) is 4.39 Å². The van der Waals surface area contributed by atoms with Gasteiger partial charge in [-0.05, 0) is 30.9 Å². The van der Waals surface area contributed by atoms with Gasteiger partial charge >= 0.3 is 0 Å². The summed E-state index contributed by atoms with van der Waals surface area (Å²) >= 11 is 0. The minimum absolute atomic E-state index is 0.209. The van der Waals surface area contributed by atoms with Crippen LogP contribution in [0.2, 0.25) is 0 Å². The molecule has 0 radical (unpaired) electrons. The third kappa shape index (κ3) is 3.04. The molecule has 1 aromatic rings. The molecule has 1 heterocycles. The van der Waals surface area contributed by atoms with E-state index in [2.05, 4.69) is 4.90 Å². The first-order chi connectivity index (χ1) is 9.13. The van der Waals surface area contributed by atoms with Crippen molar-refractivity contribution in [3.63, 3.8) is 0 Å². The number of hydrogen-bond acceptors (Lipinski definition) is 3. The molecule has 0 bridgehead atoms. The number of methoxy groups -OCH3 is 1. The van der Waals surface area contributed by atoms with Gasteiger partial charge in [-0.3, -0.25) is 5.41 Å². The SMILES string of the molecule is COCC1CCCN(c2cccc(F)c2C(=N)N)C1. The van der Waals surface area contributed by atoms with Gasteiger partial charge < -0.3 is 15.4 Å². The summed E-state index contributed by atoms with van der Waals surface area (Å²) in [6.07, 6.45) is 2.16. The van der Waals surface area contributed by atoms with Gasteiger partial charge in [0, 0.05) is 20.2 Å². The number of anilines is 1. The molecule has 0 aromatic heterocycles. The zero-order valence-electron chi connectivity index (χ0n) is 11.2. The lowest BCUT2D eigenvalue weighted by Crippen LogP contribution is -2.38. The Morgan fingerprint density at radius 3 is 3.05 bits per heavy atom. The number of piperidine rings is 1. The molecule has 0 saturated carbocycles. The van der Waals surface area contributed by atoms with Gasteiger partial charge in [0.25, 0.3) is 0 Å². The largest absolute Gasteiger partial charge is 0.384 e. The number of halogens is 1. The van der Waals surface area contributed by atoms with Crippen molar-refractivity contribution in [2.75, 3.05) is 31.7 Å². The molecule has 1 aliphatic heterocycles. The van der Waals surface area contributed by atoms with Crippen LogP contribution in [0.1, 0.15) is 18.4 Å². The van der Waals surface area contributed by atoms with Crippen LogP contribution in [-0.2, 0) is 4.74 Å². The van der Waals surface area contributed by atoms with Crippen molar-refractivity contribution >= 4 is 11.5 Å². The molecule has 2 rings (SSSR count). The van der Waals surface area contributed by atoms with Crippen LogP contribution >= 0.6 is 0 Å². The van der Waals surface area contributed by atoms with Crippen molar-refractivity contribution in [3.8, 4) is 0 Å². The van der Waals surface area contributed by atoms with Gasteiger partial charge in [0.05, 0.1) is 17.9 Å². The Bertz CT molecular complexity index is 462. The number of ether oxygens (including phenoxy) is 1. The van der Waals surface area contributed by atoms with Gasteiger partial charge in [-0.1, -0.05) is 6.07 Å². The second-order valence-corrected chi connectivity index (χ2v) is 4.96. The third-order valence-electron chi connectivity index (χ3n) is 3.52. The highest BCUT2D eigenvalue weighted by molar-refractivity contribution is 6.00. The average Bonchev–Trinajstić information content (AvgIpc) is 2.38. The van der Waals surface area contributed by atoms with Crippen LogP contribution in [-0.4, -0.2) is 32.6 Å². The normalized spacial score (nSPS) is 19.5. The van der Waals surface area contributed by atoms with Gasteiger partial charge in [0.2, 0.25) is 0 Å². The summed E-state index contributed by atoms with van der Waals surface area (Å²) in [5.74, 6) is -0.206. The van der Waals surface area contributed by atoms with Crippen LogP contribution in [0.25, 0.3) is 0 Å². The third-order valence-corrected chi connectivity index (χ3v) is 3.52. The molecule has 1 aliphatic rings. The monoisotopic (exact) mass is 265 g/mol. The van der Waals surface area contributed by atoms with Crippen molar-refractivity contribution in [3.05, 3.63) is 29.6 Å². The predicted molar refractivity (Wildman–Crippen MR) is 74.2 cm³/mol. The lowest BCUT2D eigenvalue weighted by molar-refractivity contribution is 0.143. The maximum absolute atomic E-state index is 13.8. The maximum atomic E-state index is 13.8. The van der Waals surface area contributed by atoms with Crippen molar-refractivity contribution < 1.29 is 9.13 Å². The van der Waals surface area contributed by atoms with E-state index in [1.165, 1.54) is 6.07 Å². The zero-order valence-corrected chi connectivity index (χ0v) is 11.2. The standard InChI is InChI=1S/C14H20FN3O/c1-19-9-10-4-3-7-18(8-10)12-6-2-5-11(15)13(12)14(16)17/h2,5-6,10H,3-4,7-9H2,1H3,(H3,16,17). The van der Waals surface area contributed by atoms with Crippen molar-refractivity contribution in [1.29, 1.82) is 5.41 Å². The molecule has 5 heteroatoms. The Kier molecular flexibility index (Phi) is 4.37. The molecular formula is C14H20FN3O. The van der Waals surface area contributed by atoms with E-state index in [-0.39, 0.29) is 11.4 Å². The summed E-state index contributed by atoms with van der Waals surface area (Å²) < 4.78 is 19.0. The van der Waals surface area contributed by atoms with E-state index in [0.717, 1.165) is 25.9 Å². The quantitative estimate of drug-likeness (QED) is 0.646. The first kappa shape index (κ1) is 13.8. The Hall–Kier alpha value is -1.62. The molecule has 0 aliphatic carbocycles. The number of nitrogens with one attached hydrogen (secondary N) is 1. The molecule has 1 fully saturated rings. The summed E-state index contributed by atoms with van der Waals surface area (Å²) in [5.41, 5.74) is 6.43. The van der Waals surface area contributed by atoms with Crippen molar-refractivity contribution in [2.24, 2.45) is 11.7 Å². The number of hydrogen-bond donors (Lipinski definition) is 2. The molecule has 19 heavy (non-hydrogen) atoms. The zero-order chi connectivity index (χ0) is 13.8. The Labute approximate surface area is 112 Å². The van der Waals surface area contributed by atoms with Crippen molar-refractivity contribution in [1.82, 2.24) is 0 Å². The van der Waals surface area contributed by atoms with E-state index < -0.39 is 5.82 Å². The Morgan fingerprint density at radius 1 is 1.58 bits per heavy atom. The number of nitrogens with zero attached hydrogens (tertiary/aromatic N) is 1. The summed E-state index contributed by atoms with van der Waals surface area (Å²) in [5, 5.41) is 7.55. The Balaban J connectivity index is 2.26. The molecule has 1 saturated heterocycles. The van der Waals surface area contributed by atoms with Gasteiger partial charge in [-0.2, -0.15) is 0 Å². The van der Waals surface area contributed by atoms with Crippen LogP contribution < -0.4 is 10.6 Å². The molecule has 3 N–H and O–H groups in total. The van der Waals surface area contributed by atoms with Crippen LogP contribution in [0.15, 0.2) is 18.2 Å². The molecule has 104 valence electrons. The topological polar surface area (TPSA) is 62.3 Å². The number of nitrogen functional groups attached to an aromatic ring is 1. The molecule has 0 amide bonds. The molecule has 1 atom stereocenters. The second-order valence-electron chi connectivity index (χ2n) is 4.96. The van der Waals surface area contributed by atoms with Crippen LogP contribution in [0, 0.1) is 17.1 Å². The minimum atomic E-state index is -0.432. The van der Waals surface area contributed by atoms with Crippen LogP contribution in [0.3, 0.4) is 0 Å². The molecule has 0 spiro atoms. The van der Waals surface area contributed by atoms with Gasteiger partial charge in [-0.15, -0.1) is 0 Å².